The van der Waals surface area contributed by atoms with Crippen LogP contribution < -0.4 is 0 Å². The molecule has 3 nitrogen and oxygen atoms in total. The van der Waals surface area contributed by atoms with Gasteiger partial charge in [0.2, 0.25) is 0 Å². The van der Waals surface area contributed by atoms with Gasteiger partial charge in [-0.15, -0.1) is 11.6 Å². The summed E-state index contributed by atoms with van der Waals surface area (Å²) in [4.78, 5) is 3.79. The molecule has 0 N–H and O–H groups in total. The van der Waals surface area contributed by atoms with E-state index in [1.807, 2.05) is 0 Å². The number of aryl methyl sites for hydroxylation is 1. The minimum absolute atomic E-state index is 0.00323. The van der Waals surface area contributed by atoms with Crippen LogP contribution in [0, 0.1) is 0 Å². The van der Waals surface area contributed by atoms with Gasteiger partial charge in [-0.2, -0.15) is 18.3 Å². The Bertz CT molecular complexity index is 284. The molecule has 0 aliphatic rings. The first-order valence-corrected chi connectivity index (χ1v) is 4.56. The zero-order chi connectivity index (χ0) is 10.6. The Morgan fingerprint density at radius 1 is 1.43 bits per heavy atom. The van der Waals surface area contributed by atoms with Gasteiger partial charge < -0.3 is 0 Å². The standard InChI is InChI=1S/C7H9ClF3N3/c8-4-6-12-5-13-14(6)3-1-2-7(9,10)11/h5H,1-4H2. The number of rotatable bonds is 4. The maximum atomic E-state index is 11.8. The van der Waals surface area contributed by atoms with Gasteiger partial charge in [-0.05, 0) is 6.42 Å². The van der Waals surface area contributed by atoms with Crippen LogP contribution in [0.1, 0.15) is 18.7 Å². The molecule has 0 unspecified atom stereocenters. The van der Waals surface area contributed by atoms with E-state index in [4.69, 9.17) is 11.6 Å². The molecule has 80 valence electrons. The third-order valence-electron chi connectivity index (χ3n) is 1.65. The molecule has 1 aromatic heterocycles. The van der Waals surface area contributed by atoms with Crippen molar-refractivity contribution < 1.29 is 13.2 Å². The lowest BCUT2D eigenvalue weighted by Crippen LogP contribution is -2.11. The van der Waals surface area contributed by atoms with Crippen LogP contribution in [0.5, 0.6) is 0 Å². The summed E-state index contributed by atoms with van der Waals surface area (Å²) in [5.41, 5.74) is 0. The largest absolute Gasteiger partial charge is 0.389 e. The predicted octanol–water partition coefficient (Wildman–Crippen LogP) is 2.36. The molecule has 0 bridgehead atoms. The van der Waals surface area contributed by atoms with Crippen molar-refractivity contribution >= 4 is 11.6 Å². The van der Waals surface area contributed by atoms with Crippen molar-refractivity contribution in [3.05, 3.63) is 12.2 Å². The fourth-order valence-electron chi connectivity index (χ4n) is 1.01. The van der Waals surface area contributed by atoms with Crippen molar-refractivity contribution in [3.8, 4) is 0 Å². The lowest BCUT2D eigenvalue weighted by molar-refractivity contribution is -0.136. The maximum absolute atomic E-state index is 11.8. The average molecular weight is 228 g/mol. The van der Waals surface area contributed by atoms with E-state index in [1.54, 1.807) is 0 Å². The van der Waals surface area contributed by atoms with Crippen molar-refractivity contribution in [2.75, 3.05) is 0 Å². The quantitative estimate of drug-likeness (QED) is 0.740. The van der Waals surface area contributed by atoms with E-state index in [9.17, 15) is 13.2 Å². The first-order valence-electron chi connectivity index (χ1n) is 4.02. The molecule has 0 fully saturated rings. The van der Waals surface area contributed by atoms with Crippen LogP contribution in [0.15, 0.2) is 6.33 Å². The highest BCUT2D eigenvalue weighted by atomic mass is 35.5. The van der Waals surface area contributed by atoms with Crippen LogP contribution in [0.2, 0.25) is 0 Å². The minimum Gasteiger partial charge on any atom is -0.249 e. The zero-order valence-corrected chi connectivity index (χ0v) is 8.02. The zero-order valence-electron chi connectivity index (χ0n) is 7.26. The molecule has 0 spiro atoms. The molecule has 1 aromatic rings. The number of alkyl halides is 4. The second-order valence-corrected chi connectivity index (χ2v) is 3.02. The number of aromatic nitrogens is 3. The summed E-state index contributed by atoms with van der Waals surface area (Å²) in [5.74, 6) is 0.653. The van der Waals surface area contributed by atoms with Gasteiger partial charge in [-0.3, -0.25) is 0 Å². The second kappa shape index (κ2) is 4.63. The Morgan fingerprint density at radius 2 is 2.14 bits per heavy atom. The molecule has 0 aliphatic carbocycles. The molecule has 0 aromatic carbocycles. The Hall–Kier alpha value is -0.780. The highest BCUT2D eigenvalue weighted by molar-refractivity contribution is 6.16. The summed E-state index contributed by atoms with van der Waals surface area (Å²) in [6.07, 6.45) is -3.64. The summed E-state index contributed by atoms with van der Waals surface area (Å²) < 4.78 is 36.8. The smallest absolute Gasteiger partial charge is 0.249 e. The average Bonchev–Trinajstić information content (AvgIpc) is 2.49. The molecule has 1 heterocycles. The molecule has 0 aliphatic heterocycles. The molecule has 1 rings (SSSR count). The number of hydrogen-bond donors (Lipinski definition) is 0. The lowest BCUT2D eigenvalue weighted by Gasteiger charge is -2.06. The topological polar surface area (TPSA) is 30.7 Å². The molecule has 7 heteroatoms. The Balaban J connectivity index is 2.38. The highest BCUT2D eigenvalue weighted by Gasteiger charge is 2.26. The molecule has 14 heavy (non-hydrogen) atoms. The first-order chi connectivity index (χ1) is 6.53. The van der Waals surface area contributed by atoms with E-state index < -0.39 is 12.6 Å². The normalized spacial score (nSPS) is 12.0. The van der Waals surface area contributed by atoms with E-state index in [0.29, 0.717) is 5.82 Å². The van der Waals surface area contributed by atoms with Crippen LogP contribution >= 0.6 is 11.6 Å². The lowest BCUT2D eigenvalue weighted by atomic mass is 10.3. The van der Waals surface area contributed by atoms with E-state index in [0.717, 1.165) is 0 Å². The van der Waals surface area contributed by atoms with E-state index >= 15 is 0 Å². The SMILES string of the molecule is FC(F)(F)CCCn1ncnc1CCl. The van der Waals surface area contributed by atoms with Crippen LogP contribution in [0.4, 0.5) is 13.2 Å². The molecule has 0 atom stereocenters. The van der Waals surface area contributed by atoms with Gasteiger partial charge in [0, 0.05) is 13.0 Å². The molecule has 0 radical (unpaired) electrons. The molecule has 0 saturated heterocycles. The molecule has 0 saturated carbocycles. The number of hydrogen-bond acceptors (Lipinski definition) is 2. The second-order valence-electron chi connectivity index (χ2n) is 2.75. The molecule has 0 amide bonds. The summed E-state index contributed by atoms with van der Waals surface area (Å²) in [5, 5.41) is 3.76. The molecular weight excluding hydrogens is 219 g/mol. The van der Waals surface area contributed by atoms with Crippen LogP contribution in [0.25, 0.3) is 0 Å². The van der Waals surface area contributed by atoms with Gasteiger partial charge in [0.15, 0.2) is 0 Å². The van der Waals surface area contributed by atoms with Gasteiger partial charge in [0.05, 0.1) is 5.88 Å². The number of halogens is 4. The summed E-state index contributed by atoms with van der Waals surface area (Å²) in [6, 6.07) is 0. The Morgan fingerprint density at radius 3 is 2.71 bits per heavy atom. The summed E-state index contributed by atoms with van der Waals surface area (Å²) >= 11 is 5.50. The van der Waals surface area contributed by atoms with Gasteiger partial charge in [0.25, 0.3) is 0 Å². The summed E-state index contributed by atoms with van der Waals surface area (Å²) in [6.45, 7) is 0.196. The van der Waals surface area contributed by atoms with Gasteiger partial charge in [-0.1, -0.05) is 0 Å². The van der Waals surface area contributed by atoms with Crippen LogP contribution in [0.3, 0.4) is 0 Å². The van der Waals surface area contributed by atoms with E-state index in [1.165, 1.54) is 11.0 Å². The van der Waals surface area contributed by atoms with E-state index in [-0.39, 0.29) is 18.8 Å². The minimum atomic E-state index is -4.11. The van der Waals surface area contributed by atoms with E-state index in [2.05, 4.69) is 10.1 Å². The van der Waals surface area contributed by atoms with Crippen LogP contribution in [-0.4, -0.2) is 20.9 Å². The van der Waals surface area contributed by atoms with Crippen LogP contribution in [-0.2, 0) is 12.4 Å². The van der Waals surface area contributed by atoms with Crippen molar-refractivity contribution in [2.45, 2.75) is 31.4 Å². The predicted molar refractivity (Wildman–Crippen MR) is 44.9 cm³/mol. The monoisotopic (exact) mass is 227 g/mol. The van der Waals surface area contributed by atoms with Gasteiger partial charge in [0.1, 0.15) is 12.2 Å². The van der Waals surface area contributed by atoms with Crippen molar-refractivity contribution in [1.29, 1.82) is 0 Å². The molecular formula is C7H9ClF3N3. The highest BCUT2D eigenvalue weighted by Crippen LogP contribution is 2.21. The fourth-order valence-corrected chi connectivity index (χ4v) is 1.21. The third kappa shape index (κ3) is 3.53. The number of nitrogens with zero attached hydrogens (tertiary/aromatic N) is 3. The first kappa shape index (κ1) is 11.3. The van der Waals surface area contributed by atoms with Crippen molar-refractivity contribution in [3.63, 3.8) is 0 Å². The van der Waals surface area contributed by atoms with Crippen molar-refractivity contribution in [1.82, 2.24) is 14.8 Å². The van der Waals surface area contributed by atoms with Gasteiger partial charge in [-0.25, -0.2) is 9.67 Å². The van der Waals surface area contributed by atoms with Gasteiger partial charge >= 0.3 is 6.18 Å². The third-order valence-corrected chi connectivity index (χ3v) is 1.88. The van der Waals surface area contributed by atoms with Crippen molar-refractivity contribution in [2.24, 2.45) is 0 Å². The maximum Gasteiger partial charge on any atom is 0.389 e. The Kier molecular flexibility index (Phi) is 3.74. The summed E-state index contributed by atoms with van der Waals surface area (Å²) in [7, 11) is 0. The Labute approximate surface area is 83.9 Å². The fraction of sp³-hybridized carbons (Fsp3) is 0.714.